The Morgan fingerprint density at radius 3 is 2.53 bits per heavy atom. The standard InChI is InChI=1S/C22H22N6O3S/c1-5-32(30,31)21-17(19-24-15-10-13(2)26(3)20(29)18(15)27(19)4)25-16-11-14(6-9-28(16)21)22(12-23)7-8-22/h6,9-11H,5,7-8H2,1-4H3. The first kappa shape index (κ1) is 20.5. The molecule has 0 atom stereocenters. The molecule has 5 rings (SSSR count). The van der Waals surface area contributed by atoms with E-state index in [1.54, 1.807) is 50.0 Å². The summed E-state index contributed by atoms with van der Waals surface area (Å²) < 4.78 is 30.9. The number of hydrogen-bond donors (Lipinski definition) is 0. The molecular formula is C22H22N6O3S. The molecule has 0 bridgehead atoms. The summed E-state index contributed by atoms with van der Waals surface area (Å²) in [6.45, 7) is 3.40. The van der Waals surface area contributed by atoms with Crippen molar-refractivity contribution in [2.24, 2.45) is 14.1 Å². The second-order valence-electron chi connectivity index (χ2n) is 8.38. The second kappa shape index (κ2) is 6.53. The molecule has 0 radical (unpaired) electrons. The van der Waals surface area contributed by atoms with Crippen LogP contribution in [0.5, 0.6) is 0 Å². The first-order chi connectivity index (χ1) is 15.1. The first-order valence-corrected chi connectivity index (χ1v) is 12.0. The van der Waals surface area contributed by atoms with Gasteiger partial charge < -0.3 is 9.13 Å². The Bertz CT molecular complexity index is 1650. The van der Waals surface area contributed by atoms with Gasteiger partial charge >= 0.3 is 0 Å². The van der Waals surface area contributed by atoms with Gasteiger partial charge in [0.05, 0.1) is 22.8 Å². The average Bonchev–Trinajstić information content (AvgIpc) is 3.38. The van der Waals surface area contributed by atoms with E-state index in [2.05, 4.69) is 16.0 Å². The maximum absolute atomic E-state index is 13.1. The number of sulfone groups is 1. The predicted molar refractivity (Wildman–Crippen MR) is 119 cm³/mol. The van der Waals surface area contributed by atoms with E-state index in [9.17, 15) is 18.5 Å². The van der Waals surface area contributed by atoms with E-state index in [-0.39, 0.29) is 22.0 Å². The van der Waals surface area contributed by atoms with Crippen molar-refractivity contribution in [2.45, 2.75) is 37.1 Å². The molecule has 0 unspecified atom stereocenters. The zero-order chi connectivity index (χ0) is 23.0. The summed E-state index contributed by atoms with van der Waals surface area (Å²) in [5.41, 5.74) is 2.36. The number of nitrogens with zero attached hydrogens (tertiary/aromatic N) is 6. The van der Waals surface area contributed by atoms with Gasteiger partial charge in [0.1, 0.15) is 16.9 Å². The van der Waals surface area contributed by atoms with Crippen molar-refractivity contribution < 1.29 is 8.42 Å². The molecule has 0 N–H and O–H groups in total. The molecule has 1 fully saturated rings. The molecule has 32 heavy (non-hydrogen) atoms. The van der Waals surface area contributed by atoms with Gasteiger partial charge in [-0.25, -0.2) is 18.4 Å². The lowest BCUT2D eigenvalue weighted by Gasteiger charge is -2.08. The Labute approximate surface area is 184 Å². The van der Waals surface area contributed by atoms with Crippen LogP contribution in [-0.2, 0) is 29.3 Å². The van der Waals surface area contributed by atoms with Crippen molar-refractivity contribution in [3.05, 3.63) is 46.0 Å². The highest BCUT2D eigenvalue weighted by Gasteiger charge is 2.45. The van der Waals surface area contributed by atoms with E-state index in [0.29, 0.717) is 22.5 Å². The topological polar surface area (TPSA) is 115 Å². The van der Waals surface area contributed by atoms with Gasteiger partial charge in [0.2, 0.25) is 0 Å². The van der Waals surface area contributed by atoms with Crippen molar-refractivity contribution in [2.75, 3.05) is 5.75 Å². The summed E-state index contributed by atoms with van der Waals surface area (Å²) >= 11 is 0. The molecule has 10 heteroatoms. The van der Waals surface area contributed by atoms with Gasteiger partial charge in [-0.1, -0.05) is 6.92 Å². The van der Waals surface area contributed by atoms with Crippen LogP contribution in [0, 0.1) is 18.3 Å². The van der Waals surface area contributed by atoms with Gasteiger partial charge in [-0.3, -0.25) is 9.20 Å². The zero-order valence-electron chi connectivity index (χ0n) is 18.2. The summed E-state index contributed by atoms with van der Waals surface area (Å²) in [5.74, 6) is 0.198. The number of aryl methyl sites for hydroxylation is 2. The van der Waals surface area contributed by atoms with E-state index in [4.69, 9.17) is 0 Å². The smallest absolute Gasteiger partial charge is 0.276 e. The van der Waals surface area contributed by atoms with E-state index in [1.165, 1.54) is 8.97 Å². The monoisotopic (exact) mass is 450 g/mol. The van der Waals surface area contributed by atoms with Gasteiger partial charge in [0, 0.05) is 26.0 Å². The third-order valence-corrected chi connectivity index (χ3v) is 8.23. The number of imidazole rings is 2. The van der Waals surface area contributed by atoms with Gasteiger partial charge in [-0.05, 0) is 43.5 Å². The lowest BCUT2D eigenvalue weighted by atomic mass is 9.99. The number of nitriles is 1. The second-order valence-corrected chi connectivity index (χ2v) is 10.6. The Morgan fingerprint density at radius 2 is 1.91 bits per heavy atom. The maximum Gasteiger partial charge on any atom is 0.276 e. The number of aromatic nitrogens is 5. The van der Waals surface area contributed by atoms with Crippen LogP contribution < -0.4 is 5.56 Å². The van der Waals surface area contributed by atoms with Gasteiger partial charge in [0.15, 0.2) is 20.7 Å². The lowest BCUT2D eigenvalue weighted by molar-refractivity contribution is 0.592. The van der Waals surface area contributed by atoms with Gasteiger partial charge in [0.25, 0.3) is 5.56 Å². The molecule has 4 aromatic heterocycles. The summed E-state index contributed by atoms with van der Waals surface area (Å²) in [4.78, 5) is 22.1. The minimum absolute atomic E-state index is 0.0373. The molecule has 1 aliphatic carbocycles. The Kier molecular flexibility index (Phi) is 4.17. The summed E-state index contributed by atoms with van der Waals surface area (Å²) in [6, 6.07) is 7.73. The molecule has 1 aliphatic rings. The molecule has 0 aliphatic heterocycles. The molecule has 4 aromatic rings. The minimum Gasteiger partial charge on any atom is -0.321 e. The van der Waals surface area contributed by atoms with Crippen LogP contribution in [0.25, 0.3) is 28.2 Å². The van der Waals surface area contributed by atoms with E-state index in [1.807, 2.05) is 6.92 Å². The fourth-order valence-corrected chi connectivity index (χ4v) is 5.35. The van der Waals surface area contributed by atoms with Crippen LogP contribution in [-0.4, -0.2) is 37.7 Å². The number of rotatable bonds is 4. The van der Waals surface area contributed by atoms with Crippen LogP contribution in [0.3, 0.4) is 0 Å². The fraction of sp³-hybridized carbons (Fsp3) is 0.364. The zero-order valence-corrected chi connectivity index (χ0v) is 19.1. The molecule has 164 valence electrons. The molecule has 0 saturated heterocycles. The Balaban J connectivity index is 1.85. The summed E-state index contributed by atoms with van der Waals surface area (Å²) in [7, 11) is -0.305. The molecule has 0 spiro atoms. The van der Waals surface area contributed by atoms with Crippen LogP contribution in [0.15, 0.2) is 34.2 Å². The number of pyridine rings is 2. The normalized spacial score (nSPS) is 15.3. The Hall–Kier alpha value is -3.45. The van der Waals surface area contributed by atoms with Gasteiger partial charge in [-0.2, -0.15) is 5.26 Å². The van der Waals surface area contributed by atoms with Gasteiger partial charge in [-0.15, -0.1) is 0 Å². The highest BCUT2D eigenvalue weighted by molar-refractivity contribution is 7.91. The highest BCUT2D eigenvalue weighted by atomic mass is 32.2. The molecule has 0 aromatic carbocycles. The van der Waals surface area contributed by atoms with Crippen LogP contribution >= 0.6 is 0 Å². The number of fused-ring (bicyclic) bond motifs is 2. The van der Waals surface area contributed by atoms with Crippen molar-refractivity contribution in [3.63, 3.8) is 0 Å². The van der Waals surface area contributed by atoms with Crippen LogP contribution in [0.2, 0.25) is 0 Å². The Morgan fingerprint density at radius 1 is 1.19 bits per heavy atom. The van der Waals surface area contributed by atoms with E-state index < -0.39 is 15.3 Å². The third kappa shape index (κ3) is 2.67. The third-order valence-electron chi connectivity index (χ3n) is 6.49. The number of hydrogen-bond acceptors (Lipinski definition) is 6. The van der Waals surface area contributed by atoms with Crippen molar-refractivity contribution in [1.29, 1.82) is 5.26 Å². The van der Waals surface area contributed by atoms with Crippen LogP contribution in [0.4, 0.5) is 0 Å². The highest BCUT2D eigenvalue weighted by Crippen LogP contribution is 2.47. The SMILES string of the molecule is CCS(=O)(=O)c1c(-c2nc3cc(C)n(C)c(=O)c3n2C)nc2cc(C3(C#N)CC3)ccn12. The molecule has 9 nitrogen and oxygen atoms in total. The predicted octanol–water partition coefficient (Wildman–Crippen LogP) is 2.24. The van der Waals surface area contributed by atoms with Crippen molar-refractivity contribution in [3.8, 4) is 17.6 Å². The quantitative estimate of drug-likeness (QED) is 0.471. The maximum atomic E-state index is 13.1. The minimum atomic E-state index is -3.68. The molecule has 4 heterocycles. The largest absolute Gasteiger partial charge is 0.321 e. The average molecular weight is 451 g/mol. The lowest BCUT2D eigenvalue weighted by Crippen LogP contribution is -2.20. The fourth-order valence-electron chi connectivity index (χ4n) is 4.19. The molecular weight excluding hydrogens is 428 g/mol. The van der Waals surface area contributed by atoms with E-state index in [0.717, 1.165) is 24.1 Å². The summed E-state index contributed by atoms with van der Waals surface area (Å²) in [5, 5.41) is 9.59. The molecule has 1 saturated carbocycles. The van der Waals surface area contributed by atoms with Crippen molar-refractivity contribution in [1.82, 2.24) is 23.5 Å². The first-order valence-electron chi connectivity index (χ1n) is 10.3. The van der Waals surface area contributed by atoms with E-state index >= 15 is 0 Å². The molecule has 0 amide bonds. The summed E-state index contributed by atoms with van der Waals surface area (Å²) in [6.07, 6.45) is 3.22. The van der Waals surface area contributed by atoms with Crippen LogP contribution in [0.1, 0.15) is 31.0 Å². The van der Waals surface area contributed by atoms with Crippen molar-refractivity contribution >= 4 is 26.5 Å².